The summed E-state index contributed by atoms with van der Waals surface area (Å²) in [6.45, 7) is 12.1. The number of allylic oxidation sites excluding steroid dienone is 4. The molecule has 0 bridgehead atoms. The monoisotopic (exact) mass is 934 g/mol. The van der Waals surface area contributed by atoms with Gasteiger partial charge in [-0.25, -0.2) is 14.8 Å². The van der Waals surface area contributed by atoms with Gasteiger partial charge in [-0.05, 0) is 64.1 Å². The first kappa shape index (κ1) is 51.9. The molecule has 23 nitrogen and oxygen atoms in total. The molecule has 3 heterocycles. The third-order valence-electron chi connectivity index (χ3n) is 9.33. The molecule has 23 heteroatoms. The van der Waals surface area contributed by atoms with Crippen molar-refractivity contribution in [2.75, 3.05) is 37.4 Å². The topological polar surface area (TPSA) is 348 Å². The average molecular weight is 935 g/mol. The van der Waals surface area contributed by atoms with Gasteiger partial charge in [-0.3, -0.25) is 44.5 Å². The second kappa shape index (κ2) is 24.5. The second-order valence-electron chi connectivity index (χ2n) is 14.2. The van der Waals surface area contributed by atoms with Crippen LogP contribution in [0.1, 0.15) is 71.5 Å². The number of primary amides is 2. The zero-order valence-electron chi connectivity index (χ0n) is 39.0. The molecule has 0 saturated carbocycles. The fourth-order valence-corrected chi connectivity index (χ4v) is 6.45. The highest BCUT2D eigenvalue weighted by Crippen LogP contribution is 2.33. The summed E-state index contributed by atoms with van der Waals surface area (Å²) in [7, 11) is 1.42. The van der Waals surface area contributed by atoms with Gasteiger partial charge in [-0.15, -0.1) is 0 Å². The molecule has 2 aromatic carbocycles. The van der Waals surface area contributed by atoms with E-state index in [0.29, 0.717) is 40.4 Å². The molecule has 0 aliphatic carbocycles. The molecule has 0 aliphatic heterocycles. The largest absolute Gasteiger partial charge is 0.494 e. The van der Waals surface area contributed by atoms with Crippen LogP contribution in [0, 0.1) is 6.92 Å². The van der Waals surface area contributed by atoms with Crippen LogP contribution in [0.2, 0.25) is 0 Å². The molecule has 13 N–H and O–H groups in total. The van der Waals surface area contributed by atoms with Gasteiger partial charge >= 0.3 is 6.09 Å². The predicted octanol–water partition coefficient (Wildman–Crippen LogP) is 3.39. The van der Waals surface area contributed by atoms with E-state index in [1.54, 1.807) is 65.0 Å². The lowest BCUT2D eigenvalue weighted by Crippen LogP contribution is -2.27. The molecule has 360 valence electrons. The molecule has 0 aliphatic rings. The van der Waals surface area contributed by atoms with Gasteiger partial charge in [0.25, 0.3) is 11.8 Å². The standard InChI is InChI=1S/C43H52N16O7.C2H6/c1-6-50-31(16-24(3)45)39(62)54-41-53-30-19-27(38(48)61)21-34(66-43(64)51-13-9-8-12-49-23-28(46)22-44)36(30)58(41)15-11-10-14-57-35-29(18-26(37(47)60)20-33(35)65-5)52-42(57)55-40(63)32-17-25(4)56-59(32)7-2;1-2/h8-11,16-23H,6-7,12-15,44-46H2,1-5H3,(H2,47,60)(H2,48,61)(H,51,64)(H,52,55,63)(H,53,54,62);1-2H3/b9-8+,11-10+,24-16-,28-22+,49-23?,50-31?;. The molecular weight excluding hydrogens is 877 g/mol. The number of aliphatic imine (C=N–C) groups is 2. The molecular formula is C45H58N16O7. The summed E-state index contributed by atoms with van der Waals surface area (Å²) in [5, 5.41) is 12.6. The van der Waals surface area contributed by atoms with Gasteiger partial charge in [0.1, 0.15) is 28.2 Å². The highest BCUT2D eigenvalue weighted by Gasteiger charge is 2.24. The molecule has 0 fully saturated rings. The van der Waals surface area contributed by atoms with Crippen molar-refractivity contribution in [2.24, 2.45) is 38.7 Å². The van der Waals surface area contributed by atoms with Gasteiger partial charge in [0.05, 0.1) is 36.1 Å². The van der Waals surface area contributed by atoms with Crippen molar-refractivity contribution in [3.05, 3.63) is 101 Å². The van der Waals surface area contributed by atoms with Crippen molar-refractivity contribution in [3.8, 4) is 11.5 Å². The van der Waals surface area contributed by atoms with E-state index in [4.69, 9.17) is 38.1 Å². The van der Waals surface area contributed by atoms with Crippen LogP contribution < -0.4 is 54.1 Å². The number of hydrogen-bond donors (Lipinski definition) is 8. The number of imidazole rings is 2. The van der Waals surface area contributed by atoms with Gasteiger partial charge in [0, 0.05) is 62.0 Å². The number of nitrogens with zero attached hydrogens (tertiary/aromatic N) is 8. The normalized spacial score (nSPS) is 12.2. The lowest BCUT2D eigenvalue weighted by molar-refractivity contribution is -0.110. The van der Waals surface area contributed by atoms with Crippen LogP contribution in [0.3, 0.4) is 0 Å². The Kier molecular flexibility index (Phi) is 18.7. The maximum atomic E-state index is 13.7. The number of carbonyl (C=O) groups is 5. The van der Waals surface area contributed by atoms with Crippen molar-refractivity contribution in [2.45, 2.75) is 61.2 Å². The number of ether oxygens (including phenoxy) is 2. The minimum Gasteiger partial charge on any atom is -0.494 e. The van der Waals surface area contributed by atoms with E-state index in [2.05, 4.69) is 41.0 Å². The molecule has 5 aromatic rings. The third-order valence-corrected chi connectivity index (χ3v) is 9.33. The molecule has 0 saturated heterocycles. The van der Waals surface area contributed by atoms with Crippen LogP contribution in [0.15, 0.2) is 88.3 Å². The minimum atomic E-state index is -0.886. The number of amides is 5. The first-order valence-electron chi connectivity index (χ1n) is 21.4. The van der Waals surface area contributed by atoms with Crippen LogP contribution in [0.4, 0.5) is 16.7 Å². The average Bonchev–Trinajstić information content (AvgIpc) is 3.98. The van der Waals surface area contributed by atoms with E-state index in [9.17, 15) is 24.0 Å². The highest BCUT2D eigenvalue weighted by molar-refractivity contribution is 6.47. The van der Waals surface area contributed by atoms with Crippen LogP contribution in [0.5, 0.6) is 11.5 Å². The zero-order valence-corrected chi connectivity index (χ0v) is 39.0. The van der Waals surface area contributed by atoms with Gasteiger partial charge < -0.3 is 52.6 Å². The van der Waals surface area contributed by atoms with Crippen molar-refractivity contribution < 1.29 is 33.4 Å². The number of methoxy groups -OCH3 is 1. The molecule has 68 heavy (non-hydrogen) atoms. The van der Waals surface area contributed by atoms with Crippen LogP contribution in [-0.4, -0.2) is 97.3 Å². The number of hydrogen-bond acceptors (Lipinski definition) is 15. The molecule has 5 rings (SSSR count). The number of rotatable bonds is 20. The Bertz CT molecular complexity index is 2860. The van der Waals surface area contributed by atoms with Gasteiger partial charge in [0.15, 0.2) is 5.75 Å². The number of aromatic nitrogens is 6. The van der Waals surface area contributed by atoms with Crippen molar-refractivity contribution in [1.82, 2.24) is 34.2 Å². The number of nitrogens with one attached hydrogen (secondary N) is 3. The summed E-state index contributed by atoms with van der Waals surface area (Å²) in [5.41, 5.74) is 30.9. The van der Waals surface area contributed by atoms with Gasteiger partial charge in [-0.1, -0.05) is 38.2 Å². The molecule has 5 amide bonds. The van der Waals surface area contributed by atoms with Gasteiger partial charge in [0.2, 0.25) is 23.7 Å². The SMILES string of the molecule is CC.CCN=C(/C=C(/C)N)C(=O)Nc1nc2cc(C(N)=O)cc(OC(=O)NC/C=C/CN=C/C(N)=C\N)c2n1C/C=C/Cn1c(NC(=O)c2cc(C)nn2CC)nc2cc(C(N)=O)cc(OC)c21. The number of anilines is 2. The van der Waals surface area contributed by atoms with E-state index in [-0.39, 0.29) is 84.0 Å². The van der Waals surface area contributed by atoms with E-state index < -0.39 is 29.7 Å². The molecule has 0 radical (unpaired) electrons. The summed E-state index contributed by atoms with van der Waals surface area (Å²) in [5.74, 6) is -2.43. The van der Waals surface area contributed by atoms with Crippen LogP contribution in [0.25, 0.3) is 22.1 Å². The fourth-order valence-electron chi connectivity index (χ4n) is 6.45. The Labute approximate surface area is 391 Å². The second-order valence-corrected chi connectivity index (χ2v) is 14.2. The number of benzene rings is 2. The smallest absolute Gasteiger partial charge is 0.412 e. The van der Waals surface area contributed by atoms with E-state index >= 15 is 0 Å². The molecule has 0 unspecified atom stereocenters. The molecule has 3 aromatic heterocycles. The maximum absolute atomic E-state index is 13.7. The summed E-state index contributed by atoms with van der Waals surface area (Å²) in [6, 6.07) is 7.29. The summed E-state index contributed by atoms with van der Waals surface area (Å²) in [4.78, 5) is 82.9. The summed E-state index contributed by atoms with van der Waals surface area (Å²) >= 11 is 0. The molecule has 0 atom stereocenters. The van der Waals surface area contributed by atoms with Crippen LogP contribution in [-0.2, 0) is 24.4 Å². The number of fused-ring (bicyclic) bond motifs is 2. The zero-order chi connectivity index (χ0) is 50.1. The third kappa shape index (κ3) is 13.2. The minimum absolute atomic E-state index is 0.0171. The number of carbonyl (C=O) groups excluding carboxylic acids is 5. The van der Waals surface area contributed by atoms with Crippen molar-refractivity contribution >= 4 is 75.6 Å². The van der Waals surface area contributed by atoms with Crippen molar-refractivity contribution in [1.29, 1.82) is 0 Å². The number of aryl methyl sites for hydroxylation is 2. The quantitative estimate of drug-likeness (QED) is 0.0410. The summed E-state index contributed by atoms with van der Waals surface area (Å²) < 4.78 is 16.2. The Morgan fingerprint density at radius 3 is 1.94 bits per heavy atom. The molecule has 0 spiro atoms. The first-order valence-corrected chi connectivity index (χ1v) is 21.4. The Morgan fingerprint density at radius 1 is 0.809 bits per heavy atom. The summed E-state index contributed by atoms with van der Waals surface area (Å²) in [6.07, 6.45) is 9.91. The number of nitrogens with two attached hydrogens (primary N) is 5. The van der Waals surface area contributed by atoms with Crippen LogP contribution >= 0.6 is 0 Å². The predicted molar refractivity (Wildman–Crippen MR) is 262 cm³/mol. The lowest BCUT2D eigenvalue weighted by atomic mass is 10.1. The van der Waals surface area contributed by atoms with E-state index in [1.165, 1.54) is 49.9 Å². The maximum Gasteiger partial charge on any atom is 0.412 e. The van der Waals surface area contributed by atoms with E-state index in [1.807, 2.05) is 20.8 Å². The Hall–Kier alpha value is -8.76. The first-order chi connectivity index (χ1) is 32.6. The van der Waals surface area contributed by atoms with Crippen molar-refractivity contribution in [3.63, 3.8) is 0 Å². The van der Waals surface area contributed by atoms with E-state index in [0.717, 1.165) is 0 Å². The highest BCUT2D eigenvalue weighted by atomic mass is 16.6. The van der Waals surface area contributed by atoms with Gasteiger partial charge in [-0.2, -0.15) is 5.10 Å². The Balaban J connectivity index is 0.00000497. The fraction of sp³-hybridized carbons (Fsp3) is 0.289. The Morgan fingerprint density at radius 2 is 1.40 bits per heavy atom. The lowest BCUT2D eigenvalue weighted by Gasteiger charge is -2.13.